The van der Waals surface area contributed by atoms with Gasteiger partial charge in [-0.2, -0.15) is 0 Å². The molecule has 0 bridgehead atoms. The summed E-state index contributed by atoms with van der Waals surface area (Å²) in [6.07, 6.45) is 5.23. The molecule has 2 amide bonds. The van der Waals surface area contributed by atoms with E-state index in [9.17, 15) is 9.59 Å². The Morgan fingerprint density at radius 2 is 1.96 bits per heavy atom. The number of amides is 2. The maximum Gasteiger partial charge on any atom is 0.291 e. The number of halogens is 2. The number of methoxy groups -OCH3 is 1. The van der Waals surface area contributed by atoms with E-state index in [0.717, 1.165) is 55.9 Å². The first-order valence-electron chi connectivity index (χ1n) is 16.5. The first-order chi connectivity index (χ1) is 23.8. The lowest BCUT2D eigenvalue weighted by Gasteiger charge is -2.34. The molecule has 0 radical (unpaired) electrons. The van der Waals surface area contributed by atoms with Crippen LogP contribution in [0.15, 0.2) is 42.6 Å². The highest BCUT2D eigenvalue weighted by Crippen LogP contribution is 2.40. The van der Waals surface area contributed by atoms with Crippen molar-refractivity contribution in [1.29, 1.82) is 0 Å². The molecule has 2 atom stereocenters. The third kappa shape index (κ3) is 7.01. The number of nitrogens with zero attached hydrogens (tertiary/aromatic N) is 5. The summed E-state index contributed by atoms with van der Waals surface area (Å²) >= 11 is 13.9. The van der Waals surface area contributed by atoms with Crippen LogP contribution in [-0.4, -0.2) is 81.7 Å². The Bertz CT molecular complexity index is 1900. The van der Waals surface area contributed by atoms with Gasteiger partial charge >= 0.3 is 0 Å². The van der Waals surface area contributed by atoms with Crippen molar-refractivity contribution in [3.63, 3.8) is 0 Å². The molecule has 0 saturated carbocycles. The zero-order valence-corrected chi connectivity index (χ0v) is 28.9. The van der Waals surface area contributed by atoms with Crippen molar-refractivity contribution in [1.82, 2.24) is 35.1 Å². The van der Waals surface area contributed by atoms with E-state index in [1.165, 1.54) is 0 Å². The molecule has 2 fully saturated rings. The number of carbonyl (C=O) groups excluding carboxylic acids is 2. The lowest BCUT2D eigenvalue weighted by molar-refractivity contribution is -0.119. The number of hydrogen-bond acceptors (Lipinski definition) is 9. The average Bonchev–Trinajstić information content (AvgIpc) is 3.65. The van der Waals surface area contributed by atoms with Crippen molar-refractivity contribution in [2.24, 2.45) is 7.05 Å². The van der Waals surface area contributed by atoms with Crippen molar-refractivity contribution in [2.75, 3.05) is 38.7 Å². The summed E-state index contributed by atoms with van der Waals surface area (Å²) in [7, 11) is 3.45. The van der Waals surface area contributed by atoms with Gasteiger partial charge in [0.15, 0.2) is 5.82 Å². The molecule has 3 aromatic heterocycles. The van der Waals surface area contributed by atoms with Gasteiger partial charge in [0.25, 0.3) is 5.91 Å². The summed E-state index contributed by atoms with van der Waals surface area (Å²) in [5, 5.41) is 9.96. The third-order valence-electron chi connectivity index (χ3n) is 9.38. The number of carbonyl (C=O) groups is 2. The summed E-state index contributed by atoms with van der Waals surface area (Å²) in [5.74, 6) is 0.534. The van der Waals surface area contributed by atoms with Crippen molar-refractivity contribution in [3.05, 3.63) is 75.4 Å². The highest BCUT2D eigenvalue weighted by Gasteiger charge is 2.29. The predicted molar refractivity (Wildman–Crippen MR) is 187 cm³/mol. The molecular weight excluding hydrogens is 667 g/mol. The quantitative estimate of drug-likeness (QED) is 0.204. The molecule has 12 nitrogen and oxygen atoms in total. The van der Waals surface area contributed by atoms with E-state index in [1.807, 2.05) is 29.8 Å². The molecule has 3 N–H and O–H groups in total. The topological polar surface area (TPSA) is 136 Å². The number of imidazole rings is 1. The van der Waals surface area contributed by atoms with Crippen molar-refractivity contribution in [3.8, 4) is 28.4 Å². The summed E-state index contributed by atoms with van der Waals surface area (Å²) in [4.78, 5) is 41.4. The minimum atomic E-state index is -0.350. The first kappa shape index (κ1) is 33.4. The van der Waals surface area contributed by atoms with Gasteiger partial charge in [-0.1, -0.05) is 41.4 Å². The standard InChI is InChI=1S/C35H38Cl2N8O4/c1-44-28-11-14-45(18-22-12-15-49-22)19-27(28)41-33(44)34(47)42-26-5-3-4-24(30(26)36)32-31(37)23(10-13-39-32)25-8-6-20(35(43-25)48-2)16-38-17-21-7-9-29(46)40-21/h3-6,8,10,13,21-22,38H,7,9,11-12,14-19H2,1-2H3,(H,40,46)(H,42,47)/t21-,22-/m1/s1. The molecular formula is C35H38Cl2N8O4. The molecule has 4 aromatic rings. The Morgan fingerprint density at radius 1 is 1.10 bits per heavy atom. The van der Waals surface area contributed by atoms with Crippen LogP contribution in [0.2, 0.25) is 10.0 Å². The molecule has 6 heterocycles. The molecule has 49 heavy (non-hydrogen) atoms. The van der Waals surface area contributed by atoms with Gasteiger partial charge in [0.05, 0.1) is 46.0 Å². The van der Waals surface area contributed by atoms with Gasteiger partial charge in [0, 0.05) is 93.8 Å². The van der Waals surface area contributed by atoms with E-state index in [4.69, 9.17) is 42.6 Å². The average molecular weight is 706 g/mol. The fourth-order valence-electron chi connectivity index (χ4n) is 6.62. The number of hydrogen-bond donors (Lipinski definition) is 3. The van der Waals surface area contributed by atoms with Crippen molar-refractivity contribution >= 4 is 40.7 Å². The van der Waals surface area contributed by atoms with E-state index in [-0.39, 0.29) is 24.0 Å². The fourth-order valence-corrected chi connectivity index (χ4v) is 7.19. The van der Waals surface area contributed by atoms with Gasteiger partial charge in [-0.3, -0.25) is 19.5 Å². The summed E-state index contributed by atoms with van der Waals surface area (Å²) in [5.41, 5.74) is 5.55. The maximum atomic E-state index is 13.5. The van der Waals surface area contributed by atoms with Crippen LogP contribution in [0.3, 0.4) is 0 Å². The van der Waals surface area contributed by atoms with E-state index in [1.54, 1.807) is 31.5 Å². The van der Waals surface area contributed by atoms with Crippen LogP contribution in [0, 0.1) is 0 Å². The molecule has 1 aromatic carbocycles. The molecule has 14 heteroatoms. The molecule has 3 aliphatic rings. The first-order valence-corrected chi connectivity index (χ1v) is 17.2. The Hall–Kier alpha value is -4.07. The summed E-state index contributed by atoms with van der Waals surface area (Å²) in [6, 6.07) is 11.1. The molecule has 7 rings (SSSR count). The Balaban J connectivity index is 1.07. The second kappa shape index (κ2) is 14.4. The van der Waals surface area contributed by atoms with Crippen LogP contribution in [0.1, 0.15) is 46.8 Å². The van der Waals surface area contributed by atoms with Gasteiger partial charge < -0.3 is 30.0 Å². The minimum Gasteiger partial charge on any atom is -0.481 e. The zero-order valence-electron chi connectivity index (χ0n) is 27.4. The molecule has 0 unspecified atom stereocenters. The minimum absolute atomic E-state index is 0.0895. The largest absolute Gasteiger partial charge is 0.481 e. The lowest BCUT2D eigenvalue weighted by Crippen LogP contribution is -2.42. The second-order valence-corrected chi connectivity index (χ2v) is 13.4. The fraction of sp³-hybridized carbons (Fsp3) is 0.400. The van der Waals surface area contributed by atoms with Crippen LogP contribution < -0.4 is 20.7 Å². The number of benzene rings is 1. The monoisotopic (exact) mass is 704 g/mol. The smallest absolute Gasteiger partial charge is 0.291 e. The van der Waals surface area contributed by atoms with E-state index in [0.29, 0.717) is 76.0 Å². The number of aromatic nitrogens is 4. The Morgan fingerprint density at radius 3 is 2.71 bits per heavy atom. The number of fused-ring (bicyclic) bond motifs is 1. The molecule has 2 saturated heterocycles. The summed E-state index contributed by atoms with van der Waals surface area (Å²) in [6.45, 7) is 4.50. The van der Waals surface area contributed by atoms with Gasteiger partial charge in [-0.05, 0) is 31.0 Å². The normalized spacial score (nSPS) is 18.9. The van der Waals surface area contributed by atoms with Crippen LogP contribution >= 0.6 is 23.2 Å². The number of pyridine rings is 2. The van der Waals surface area contributed by atoms with Crippen molar-refractivity contribution < 1.29 is 19.1 Å². The summed E-state index contributed by atoms with van der Waals surface area (Å²) < 4.78 is 13.1. The number of ether oxygens (including phenoxy) is 2. The van der Waals surface area contributed by atoms with Gasteiger partial charge in [0.2, 0.25) is 11.8 Å². The highest BCUT2D eigenvalue weighted by molar-refractivity contribution is 6.39. The van der Waals surface area contributed by atoms with E-state index >= 15 is 0 Å². The number of anilines is 1. The van der Waals surface area contributed by atoms with Crippen LogP contribution in [0.5, 0.6) is 5.88 Å². The zero-order chi connectivity index (χ0) is 34.1. The highest BCUT2D eigenvalue weighted by atomic mass is 35.5. The molecule has 3 aliphatic heterocycles. The van der Waals surface area contributed by atoms with Gasteiger partial charge in [-0.25, -0.2) is 9.97 Å². The molecule has 0 spiro atoms. The Labute approximate surface area is 294 Å². The van der Waals surface area contributed by atoms with Gasteiger partial charge in [-0.15, -0.1) is 0 Å². The van der Waals surface area contributed by atoms with Crippen LogP contribution in [0.4, 0.5) is 5.69 Å². The SMILES string of the molecule is COc1nc(-c2ccnc(-c3cccc(NC(=O)c4nc5c(n4C)CCN(C[C@H]4CCO4)C5)c3Cl)c2Cl)ccc1CNC[C@H]1CCC(=O)N1. The van der Waals surface area contributed by atoms with Gasteiger partial charge in [0.1, 0.15) is 0 Å². The predicted octanol–water partition coefficient (Wildman–Crippen LogP) is 4.63. The second-order valence-electron chi connectivity index (χ2n) is 12.6. The number of nitrogens with one attached hydrogen (secondary N) is 3. The third-order valence-corrected chi connectivity index (χ3v) is 10.2. The maximum absolute atomic E-state index is 13.5. The van der Waals surface area contributed by atoms with E-state index < -0.39 is 0 Å². The lowest BCUT2D eigenvalue weighted by atomic mass is 10.1. The van der Waals surface area contributed by atoms with Crippen LogP contribution in [-0.2, 0) is 36.1 Å². The van der Waals surface area contributed by atoms with Crippen LogP contribution in [0.25, 0.3) is 22.5 Å². The molecule has 0 aliphatic carbocycles. The Kier molecular flexibility index (Phi) is 9.84. The number of rotatable bonds is 11. The van der Waals surface area contributed by atoms with Crippen molar-refractivity contribution in [2.45, 2.75) is 50.9 Å². The van der Waals surface area contributed by atoms with E-state index in [2.05, 4.69) is 25.8 Å². The molecule has 256 valence electrons.